The summed E-state index contributed by atoms with van der Waals surface area (Å²) in [6.07, 6.45) is 3.97. The average Bonchev–Trinajstić information content (AvgIpc) is 2.82. The molecule has 0 saturated carbocycles. The predicted molar refractivity (Wildman–Crippen MR) is 70.1 cm³/mol. The Balaban J connectivity index is 1.94. The fraction of sp³-hybridized carbons (Fsp3) is 0.714. The summed E-state index contributed by atoms with van der Waals surface area (Å²) in [7, 11) is 0. The van der Waals surface area contributed by atoms with Crippen molar-refractivity contribution in [2.75, 3.05) is 13.1 Å². The fourth-order valence-corrected chi connectivity index (χ4v) is 2.68. The van der Waals surface area contributed by atoms with Gasteiger partial charge in [-0.15, -0.1) is 0 Å². The van der Waals surface area contributed by atoms with Gasteiger partial charge in [-0.25, -0.2) is 0 Å². The highest BCUT2D eigenvalue weighted by Crippen LogP contribution is 2.16. The summed E-state index contributed by atoms with van der Waals surface area (Å²) < 4.78 is 5.44. The van der Waals surface area contributed by atoms with Crippen molar-refractivity contribution in [3.05, 3.63) is 24.2 Å². The summed E-state index contributed by atoms with van der Waals surface area (Å²) in [6.45, 7) is 9.11. The maximum Gasteiger partial charge on any atom is 0.105 e. The summed E-state index contributed by atoms with van der Waals surface area (Å²) in [5, 5.41) is 3.60. The molecule has 1 N–H and O–H groups in total. The van der Waals surface area contributed by atoms with E-state index in [1.807, 2.05) is 6.07 Å². The van der Waals surface area contributed by atoms with Crippen molar-refractivity contribution in [3.63, 3.8) is 0 Å². The summed E-state index contributed by atoms with van der Waals surface area (Å²) in [6, 6.07) is 5.85. The van der Waals surface area contributed by atoms with E-state index in [0.29, 0.717) is 18.1 Å². The van der Waals surface area contributed by atoms with E-state index in [1.54, 1.807) is 6.26 Å². The smallest absolute Gasteiger partial charge is 0.105 e. The molecule has 0 bridgehead atoms. The summed E-state index contributed by atoms with van der Waals surface area (Å²) in [4.78, 5) is 2.60. The fourth-order valence-electron chi connectivity index (χ4n) is 2.68. The van der Waals surface area contributed by atoms with E-state index >= 15 is 0 Å². The highest BCUT2D eigenvalue weighted by atomic mass is 16.3. The molecule has 96 valence electrons. The molecule has 3 heteroatoms. The number of nitrogens with one attached hydrogen (secondary N) is 1. The van der Waals surface area contributed by atoms with Crippen molar-refractivity contribution in [3.8, 4) is 0 Å². The summed E-state index contributed by atoms with van der Waals surface area (Å²) in [5.41, 5.74) is 0. The molecule has 1 aliphatic heterocycles. The Morgan fingerprint density at radius 1 is 1.59 bits per heavy atom. The summed E-state index contributed by atoms with van der Waals surface area (Å²) in [5.74, 6) is 1.09. The van der Waals surface area contributed by atoms with Crippen LogP contribution in [0.4, 0.5) is 0 Å². The monoisotopic (exact) mass is 236 g/mol. The molecule has 3 atom stereocenters. The topological polar surface area (TPSA) is 28.4 Å². The lowest BCUT2D eigenvalue weighted by Crippen LogP contribution is -2.58. The zero-order valence-corrected chi connectivity index (χ0v) is 11.1. The van der Waals surface area contributed by atoms with Crippen LogP contribution in [0.15, 0.2) is 22.8 Å². The molecule has 1 aromatic rings. The van der Waals surface area contributed by atoms with E-state index in [-0.39, 0.29) is 0 Å². The van der Waals surface area contributed by atoms with Crippen molar-refractivity contribution in [1.82, 2.24) is 10.2 Å². The lowest BCUT2D eigenvalue weighted by Gasteiger charge is -2.42. The zero-order valence-electron chi connectivity index (χ0n) is 11.1. The average molecular weight is 236 g/mol. The molecule has 2 rings (SSSR count). The van der Waals surface area contributed by atoms with Crippen molar-refractivity contribution in [2.45, 2.75) is 51.7 Å². The van der Waals surface area contributed by atoms with Gasteiger partial charge in [0.1, 0.15) is 5.76 Å². The number of piperazine rings is 1. The first-order chi connectivity index (χ1) is 8.20. The number of furan rings is 1. The van der Waals surface area contributed by atoms with E-state index in [9.17, 15) is 0 Å². The largest absolute Gasteiger partial charge is 0.469 e. The zero-order chi connectivity index (χ0) is 12.3. The molecule has 17 heavy (non-hydrogen) atoms. The van der Waals surface area contributed by atoms with E-state index in [1.165, 1.54) is 6.42 Å². The van der Waals surface area contributed by atoms with Crippen molar-refractivity contribution in [2.24, 2.45) is 0 Å². The van der Waals surface area contributed by atoms with Gasteiger partial charge in [-0.1, -0.05) is 6.92 Å². The molecule has 0 aromatic carbocycles. The molecule has 0 radical (unpaired) electrons. The first kappa shape index (κ1) is 12.7. The number of hydrogen-bond donors (Lipinski definition) is 1. The minimum atomic E-state index is 0.548. The van der Waals surface area contributed by atoms with Crippen molar-refractivity contribution in [1.29, 1.82) is 0 Å². The molecular weight excluding hydrogens is 212 g/mol. The molecule has 1 saturated heterocycles. The van der Waals surface area contributed by atoms with Crippen LogP contribution in [-0.4, -0.2) is 36.1 Å². The van der Waals surface area contributed by atoms with Crippen molar-refractivity contribution >= 4 is 0 Å². The predicted octanol–water partition coefficient (Wildman–Crippen LogP) is 2.28. The van der Waals surface area contributed by atoms with Gasteiger partial charge in [0, 0.05) is 37.6 Å². The van der Waals surface area contributed by atoms with Gasteiger partial charge in [-0.2, -0.15) is 0 Å². The van der Waals surface area contributed by atoms with Crippen molar-refractivity contribution < 1.29 is 4.42 Å². The second kappa shape index (κ2) is 5.69. The Hall–Kier alpha value is -0.800. The van der Waals surface area contributed by atoms with Gasteiger partial charge in [0.2, 0.25) is 0 Å². The van der Waals surface area contributed by atoms with Crippen LogP contribution in [0.1, 0.15) is 33.0 Å². The molecule has 3 unspecified atom stereocenters. The van der Waals surface area contributed by atoms with Crippen LogP contribution in [0.3, 0.4) is 0 Å². The lowest BCUT2D eigenvalue weighted by molar-refractivity contribution is 0.0948. The van der Waals surface area contributed by atoms with E-state index in [0.717, 1.165) is 25.3 Å². The molecule has 1 fully saturated rings. The maximum atomic E-state index is 5.44. The van der Waals surface area contributed by atoms with Crippen LogP contribution in [0.25, 0.3) is 0 Å². The van der Waals surface area contributed by atoms with Gasteiger partial charge in [0.15, 0.2) is 0 Å². The summed E-state index contributed by atoms with van der Waals surface area (Å²) >= 11 is 0. The van der Waals surface area contributed by atoms with Gasteiger partial charge in [-0.3, -0.25) is 4.90 Å². The number of rotatable bonds is 4. The van der Waals surface area contributed by atoms with Crippen LogP contribution in [-0.2, 0) is 6.42 Å². The molecule has 2 heterocycles. The second-order valence-corrected chi connectivity index (χ2v) is 5.19. The number of hydrogen-bond acceptors (Lipinski definition) is 3. The lowest BCUT2D eigenvalue weighted by atomic mass is 10.0. The molecule has 1 aliphatic rings. The van der Waals surface area contributed by atoms with E-state index in [2.05, 4.69) is 37.1 Å². The van der Waals surface area contributed by atoms with Gasteiger partial charge in [0.25, 0.3) is 0 Å². The Bertz CT molecular complexity index is 323. The molecule has 1 aromatic heterocycles. The Labute approximate surface area is 104 Å². The third kappa shape index (κ3) is 3.11. The first-order valence-corrected chi connectivity index (χ1v) is 6.72. The van der Waals surface area contributed by atoms with E-state index in [4.69, 9.17) is 4.42 Å². The van der Waals surface area contributed by atoms with E-state index < -0.39 is 0 Å². The second-order valence-electron chi connectivity index (χ2n) is 5.19. The van der Waals surface area contributed by atoms with Crippen LogP contribution in [0, 0.1) is 0 Å². The Morgan fingerprint density at radius 3 is 3.06 bits per heavy atom. The Kier molecular flexibility index (Phi) is 4.24. The van der Waals surface area contributed by atoms with Crippen LogP contribution >= 0.6 is 0 Å². The van der Waals surface area contributed by atoms with Gasteiger partial charge < -0.3 is 9.73 Å². The minimum Gasteiger partial charge on any atom is -0.469 e. The van der Waals surface area contributed by atoms with Crippen LogP contribution in [0.5, 0.6) is 0 Å². The van der Waals surface area contributed by atoms with Gasteiger partial charge >= 0.3 is 0 Å². The Morgan fingerprint density at radius 2 is 2.41 bits per heavy atom. The minimum absolute atomic E-state index is 0.548. The standard InChI is InChI=1S/C14H24N2O/c1-4-13-10-16(12(3)9-15-13)11(2)8-14-6-5-7-17-14/h5-7,11-13,15H,4,8-10H2,1-3H3. The highest BCUT2D eigenvalue weighted by molar-refractivity contribution is 5.01. The molecule has 0 amide bonds. The van der Waals surface area contributed by atoms with Gasteiger partial charge in [0.05, 0.1) is 6.26 Å². The van der Waals surface area contributed by atoms with Gasteiger partial charge in [-0.05, 0) is 32.4 Å². The normalized spacial score (nSPS) is 28.2. The van der Waals surface area contributed by atoms with Crippen LogP contribution < -0.4 is 5.32 Å². The molecular formula is C14H24N2O. The third-order valence-electron chi connectivity index (χ3n) is 3.83. The molecule has 0 aliphatic carbocycles. The van der Waals surface area contributed by atoms with Crippen LogP contribution in [0.2, 0.25) is 0 Å². The highest BCUT2D eigenvalue weighted by Gasteiger charge is 2.27. The first-order valence-electron chi connectivity index (χ1n) is 6.72. The quantitative estimate of drug-likeness (QED) is 0.869. The SMILES string of the molecule is CCC1CN(C(C)Cc2ccco2)C(C)CN1. The molecule has 3 nitrogen and oxygen atoms in total. The maximum absolute atomic E-state index is 5.44. The third-order valence-corrected chi connectivity index (χ3v) is 3.83. The number of nitrogens with zero attached hydrogens (tertiary/aromatic N) is 1. The molecule has 0 spiro atoms.